The predicted octanol–water partition coefficient (Wildman–Crippen LogP) is 0.668. The highest BCUT2D eigenvalue weighted by molar-refractivity contribution is 5.76. The maximum Gasteiger partial charge on any atom is 0.317 e. The molecule has 0 spiro atoms. The van der Waals surface area contributed by atoms with Crippen LogP contribution in [0.3, 0.4) is 0 Å². The second kappa shape index (κ2) is 5.86. The van der Waals surface area contributed by atoms with Crippen molar-refractivity contribution in [2.24, 2.45) is 0 Å². The van der Waals surface area contributed by atoms with Crippen LogP contribution in [0.15, 0.2) is 0 Å². The molecule has 0 aromatic heterocycles. The lowest BCUT2D eigenvalue weighted by Gasteiger charge is -2.35. The first-order valence-corrected chi connectivity index (χ1v) is 5.81. The molecule has 0 radical (unpaired) electrons. The maximum atomic E-state index is 11.8. The number of ether oxygens (including phenoxy) is 1. The van der Waals surface area contributed by atoms with Gasteiger partial charge in [0.25, 0.3) is 0 Å². The Kier molecular flexibility index (Phi) is 4.74. The number of carboxylic acid groups (broad SMARTS) is 1. The van der Waals surface area contributed by atoms with Crippen LogP contribution in [-0.4, -0.2) is 53.3 Å². The summed E-state index contributed by atoms with van der Waals surface area (Å²) < 4.78 is 5.52. The third kappa shape index (κ3) is 4.60. The van der Waals surface area contributed by atoms with E-state index in [9.17, 15) is 9.59 Å². The molecule has 17 heavy (non-hydrogen) atoms. The van der Waals surface area contributed by atoms with E-state index in [1.807, 2.05) is 13.8 Å². The molecular weight excluding hydrogens is 224 g/mol. The van der Waals surface area contributed by atoms with E-state index in [4.69, 9.17) is 9.84 Å². The van der Waals surface area contributed by atoms with Crippen molar-refractivity contribution >= 4 is 12.0 Å². The smallest absolute Gasteiger partial charge is 0.317 e. The third-order valence-electron chi connectivity index (χ3n) is 2.56. The average molecular weight is 244 g/mol. The lowest BCUT2D eigenvalue weighted by atomic mass is 10.2. The lowest BCUT2D eigenvalue weighted by molar-refractivity contribution is -0.137. The number of rotatable bonds is 3. The van der Waals surface area contributed by atoms with E-state index >= 15 is 0 Å². The molecule has 2 N–H and O–H groups in total. The summed E-state index contributed by atoms with van der Waals surface area (Å²) in [5.41, 5.74) is 0. The van der Waals surface area contributed by atoms with E-state index < -0.39 is 5.97 Å². The van der Waals surface area contributed by atoms with Crippen LogP contribution in [0.2, 0.25) is 0 Å². The SMILES string of the molecule is CC(CC(=O)O)NC(=O)N1C[C@@H](C)O[C@@H](C)C1. The van der Waals surface area contributed by atoms with Crippen LogP contribution in [0.5, 0.6) is 0 Å². The van der Waals surface area contributed by atoms with Gasteiger partial charge < -0.3 is 20.1 Å². The van der Waals surface area contributed by atoms with Gasteiger partial charge >= 0.3 is 12.0 Å². The lowest BCUT2D eigenvalue weighted by Crippen LogP contribution is -2.53. The van der Waals surface area contributed by atoms with Crippen molar-refractivity contribution in [1.82, 2.24) is 10.2 Å². The molecule has 0 bridgehead atoms. The second-order valence-corrected chi connectivity index (χ2v) is 4.61. The summed E-state index contributed by atoms with van der Waals surface area (Å²) in [4.78, 5) is 24.0. The van der Waals surface area contributed by atoms with Crippen molar-refractivity contribution in [3.8, 4) is 0 Å². The number of carboxylic acids is 1. The Balaban J connectivity index is 2.43. The minimum atomic E-state index is -0.915. The van der Waals surface area contributed by atoms with Crippen LogP contribution in [0, 0.1) is 0 Å². The molecule has 6 nitrogen and oxygen atoms in total. The van der Waals surface area contributed by atoms with Gasteiger partial charge in [0.1, 0.15) is 0 Å². The number of carbonyl (C=O) groups is 2. The summed E-state index contributed by atoms with van der Waals surface area (Å²) in [6.07, 6.45) is -0.0418. The fourth-order valence-electron chi connectivity index (χ4n) is 1.96. The van der Waals surface area contributed by atoms with Crippen LogP contribution < -0.4 is 5.32 Å². The van der Waals surface area contributed by atoms with Gasteiger partial charge in [-0.05, 0) is 20.8 Å². The Hall–Kier alpha value is -1.30. The number of morpholine rings is 1. The standard InChI is InChI=1S/C11H20N2O4/c1-7(4-10(14)15)12-11(16)13-5-8(2)17-9(3)6-13/h7-9H,4-6H2,1-3H3,(H,12,16)(H,14,15)/t7?,8-,9+. The first-order valence-electron chi connectivity index (χ1n) is 5.81. The highest BCUT2D eigenvalue weighted by atomic mass is 16.5. The number of amides is 2. The van der Waals surface area contributed by atoms with Crippen molar-refractivity contribution in [1.29, 1.82) is 0 Å². The van der Waals surface area contributed by atoms with Gasteiger partial charge in [0, 0.05) is 19.1 Å². The van der Waals surface area contributed by atoms with Crippen LogP contribution in [0.4, 0.5) is 4.79 Å². The zero-order chi connectivity index (χ0) is 13.0. The number of hydrogen-bond donors (Lipinski definition) is 2. The number of nitrogens with one attached hydrogen (secondary N) is 1. The largest absolute Gasteiger partial charge is 0.481 e. The Morgan fingerprint density at radius 3 is 2.41 bits per heavy atom. The second-order valence-electron chi connectivity index (χ2n) is 4.61. The molecular formula is C11H20N2O4. The van der Waals surface area contributed by atoms with Gasteiger partial charge in [-0.15, -0.1) is 0 Å². The van der Waals surface area contributed by atoms with Gasteiger partial charge in [0.05, 0.1) is 18.6 Å². The van der Waals surface area contributed by atoms with E-state index in [2.05, 4.69) is 5.32 Å². The molecule has 1 saturated heterocycles. The average Bonchev–Trinajstić information content (AvgIpc) is 2.14. The molecule has 2 amide bonds. The van der Waals surface area contributed by atoms with E-state index in [1.165, 1.54) is 0 Å². The molecule has 0 aromatic rings. The molecule has 1 heterocycles. The molecule has 1 aliphatic heterocycles. The topological polar surface area (TPSA) is 78.9 Å². The van der Waals surface area contributed by atoms with E-state index in [-0.39, 0.29) is 30.7 Å². The van der Waals surface area contributed by atoms with Gasteiger partial charge in [-0.3, -0.25) is 4.79 Å². The van der Waals surface area contributed by atoms with E-state index in [1.54, 1.807) is 11.8 Å². The fourth-order valence-corrected chi connectivity index (χ4v) is 1.96. The number of hydrogen-bond acceptors (Lipinski definition) is 3. The predicted molar refractivity (Wildman–Crippen MR) is 61.8 cm³/mol. The maximum absolute atomic E-state index is 11.8. The summed E-state index contributed by atoms with van der Waals surface area (Å²) in [6, 6.07) is -0.589. The first kappa shape index (κ1) is 13.8. The molecule has 1 fully saturated rings. The van der Waals surface area contributed by atoms with Gasteiger partial charge in [0.2, 0.25) is 0 Å². The quantitative estimate of drug-likeness (QED) is 0.764. The molecule has 3 atom stereocenters. The van der Waals surface area contributed by atoms with Crippen molar-refractivity contribution in [3.05, 3.63) is 0 Å². The first-order chi connectivity index (χ1) is 7.88. The van der Waals surface area contributed by atoms with Crippen molar-refractivity contribution in [2.75, 3.05) is 13.1 Å². The van der Waals surface area contributed by atoms with Gasteiger partial charge in [-0.1, -0.05) is 0 Å². The molecule has 0 aliphatic carbocycles. The zero-order valence-corrected chi connectivity index (χ0v) is 10.5. The monoisotopic (exact) mass is 244 g/mol. The van der Waals surface area contributed by atoms with Crippen molar-refractivity contribution < 1.29 is 19.4 Å². The van der Waals surface area contributed by atoms with Gasteiger partial charge in [-0.2, -0.15) is 0 Å². The highest BCUT2D eigenvalue weighted by Gasteiger charge is 2.26. The summed E-state index contributed by atoms with van der Waals surface area (Å²) in [5.74, 6) is -0.915. The molecule has 0 saturated carbocycles. The van der Waals surface area contributed by atoms with Gasteiger partial charge in [-0.25, -0.2) is 4.79 Å². The minimum Gasteiger partial charge on any atom is -0.481 e. The molecule has 1 rings (SSSR count). The molecule has 0 aromatic carbocycles. The minimum absolute atomic E-state index is 0.0132. The summed E-state index contributed by atoms with van der Waals surface area (Å²) in [5, 5.41) is 11.3. The summed E-state index contributed by atoms with van der Waals surface area (Å²) >= 11 is 0. The molecule has 98 valence electrons. The number of urea groups is 1. The van der Waals surface area contributed by atoms with Crippen molar-refractivity contribution in [3.63, 3.8) is 0 Å². The third-order valence-corrected chi connectivity index (χ3v) is 2.56. The molecule has 1 unspecified atom stereocenters. The Morgan fingerprint density at radius 2 is 1.94 bits per heavy atom. The fraction of sp³-hybridized carbons (Fsp3) is 0.818. The Bertz CT molecular complexity index is 285. The van der Waals surface area contributed by atoms with E-state index in [0.717, 1.165) is 0 Å². The number of aliphatic carboxylic acids is 1. The molecule has 6 heteroatoms. The van der Waals surface area contributed by atoms with Crippen LogP contribution >= 0.6 is 0 Å². The van der Waals surface area contributed by atoms with E-state index in [0.29, 0.717) is 13.1 Å². The van der Waals surface area contributed by atoms with Crippen LogP contribution in [-0.2, 0) is 9.53 Å². The molecule has 1 aliphatic rings. The van der Waals surface area contributed by atoms with Crippen LogP contribution in [0.1, 0.15) is 27.2 Å². The Labute approximate surface area is 101 Å². The Morgan fingerprint density at radius 1 is 1.41 bits per heavy atom. The number of nitrogens with zero attached hydrogens (tertiary/aromatic N) is 1. The zero-order valence-electron chi connectivity index (χ0n) is 10.5. The number of carbonyl (C=O) groups excluding carboxylic acids is 1. The highest BCUT2D eigenvalue weighted by Crippen LogP contribution is 2.10. The van der Waals surface area contributed by atoms with Crippen LogP contribution in [0.25, 0.3) is 0 Å². The summed E-state index contributed by atoms with van der Waals surface area (Å²) in [7, 11) is 0. The van der Waals surface area contributed by atoms with Crippen molar-refractivity contribution in [2.45, 2.75) is 45.4 Å². The van der Waals surface area contributed by atoms with Gasteiger partial charge in [0.15, 0.2) is 0 Å². The summed E-state index contributed by atoms with van der Waals surface area (Å²) in [6.45, 7) is 6.58. The normalized spacial score (nSPS) is 26.4.